The number of aromatic nitrogens is 2. The molecule has 0 fully saturated rings. The Labute approximate surface area is 163 Å². The standard InChI is InChI=1S/C16H17BrCl2FN3O2/c1-9(4-11-13(18)5-10(17)6-14(11)19)23(25-3)16(24)12-8-22(2)21-15(12)7-20/h5-6,8-9H,4,7H2,1-3H3. The smallest absolute Gasteiger partial charge is 0.275 e. The van der Waals surface area contributed by atoms with E-state index >= 15 is 0 Å². The van der Waals surface area contributed by atoms with E-state index in [1.807, 2.05) is 0 Å². The van der Waals surface area contributed by atoms with Gasteiger partial charge in [-0.1, -0.05) is 39.1 Å². The Kier molecular flexibility index (Phi) is 6.85. The van der Waals surface area contributed by atoms with Gasteiger partial charge in [-0.15, -0.1) is 0 Å². The van der Waals surface area contributed by atoms with E-state index in [0.717, 1.165) is 4.47 Å². The number of nitrogens with zero attached hydrogens (tertiary/aromatic N) is 3. The summed E-state index contributed by atoms with van der Waals surface area (Å²) in [7, 11) is 3.00. The molecule has 0 saturated heterocycles. The van der Waals surface area contributed by atoms with Gasteiger partial charge in [0.1, 0.15) is 12.4 Å². The van der Waals surface area contributed by atoms with Crippen LogP contribution in [-0.2, 0) is 25.0 Å². The van der Waals surface area contributed by atoms with E-state index in [1.54, 1.807) is 26.1 Å². The van der Waals surface area contributed by atoms with Crippen LogP contribution in [0.1, 0.15) is 28.5 Å². The van der Waals surface area contributed by atoms with Gasteiger partial charge in [-0.3, -0.25) is 14.3 Å². The van der Waals surface area contributed by atoms with Crippen molar-refractivity contribution in [1.82, 2.24) is 14.8 Å². The van der Waals surface area contributed by atoms with Gasteiger partial charge >= 0.3 is 0 Å². The molecule has 5 nitrogen and oxygen atoms in total. The van der Waals surface area contributed by atoms with Crippen LogP contribution in [0, 0.1) is 0 Å². The van der Waals surface area contributed by atoms with Crippen LogP contribution in [0.15, 0.2) is 22.8 Å². The summed E-state index contributed by atoms with van der Waals surface area (Å²) in [4.78, 5) is 18.0. The number of aryl methyl sites for hydroxylation is 1. The molecular formula is C16H17BrCl2FN3O2. The fourth-order valence-electron chi connectivity index (χ4n) is 2.54. The Hall–Kier alpha value is -1.15. The highest BCUT2D eigenvalue weighted by Gasteiger charge is 2.27. The minimum absolute atomic E-state index is 0.0708. The lowest BCUT2D eigenvalue weighted by Gasteiger charge is -2.27. The molecule has 0 radical (unpaired) electrons. The number of hydrogen-bond donors (Lipinski definition) is 0. The molecule has 1 aromatic carbocycles. The molecule has 0 bridgehead atoms. The zero-order valence-electron chi connectivity index (χ0n) is 13.9. The topological polar surface area (TPSA) is 47.4 Å². The Balaban J connectivity index is 2.27. The number of amides is 1. The average molecular weight is 453 g/mol. The highest BCUT2D eigenvalue weighted by molar-refractivity contribution is 9.10. The molecule has 1 atom stereocenters. The number of carbonyl (C=O) groups is 1. The van der Waals surface area contributed by atoms with Gasteiger partial charge in [-0.05, 0) is 31.0 Å². The minimum Gasteiger partial charge on any atom is -0.275 e. The summed E-state index contributed by atoms with van der Waals surface area (Å²) in [6.07, 6.45) is 1.84. The molecule has 136 valence electrons. The zero-order valence-corrected chi connectivity index (χ0v) is 17.0. The minimum atomic E-state index is -0.835. The van der Waals surface area contributed by atoms with E-state index < -0.39 is 12.6 Å². The van der Waals surface area contributed by atoms with Crippen molar-refractivity contribution in [2.75, 3.05) is 7.11 Å². The maximum Gasteiger partial charge on any atom is 0.281 e. The monoisotopic (exact) mass is 451 g/mol. The van der Waals surface area contributed by atoms with Crippen LogP contribution in [-0.4, -0.2) is 33.9 Å². The summed E-state index contributed by atoms with van der Waals surface area (Å²) in [5.41, 5.74) is 0.930. The fraction of sp³-hybridized carbons (Fsp3) is 0.375. The molecule has 1 amide bonds. The van der Waals surface area contributed by atoms with Gasteiger partial charge < -0.3 is 0 Å². The number of rotatable bonds is 6. The summed E-state index contributed by atoms with van der Waals surface area (Å²) in [6.45, 7) is 0.958. The second-order valence-electron chi connectivity index (χ2n) is 5.51. The van der Waals surface area contributed by atoms with Crippen molar-refractivity contribution in [2.24, 2.45) is 7.05 Å². The summed E-state index contributed by atoms with van der Waals surface area (Å²) < 4.78 is 15.2. The predicted octanol–water partition coefficient (Wildman–Crippen LogP) is 4.59. The molecule has 2 rings (SSSR count). The third-order valence-electron chi connectivity index (χ3n) is 3.66. The second kappa shape index (κ2) is 8.49. The van der Waals surface area contributed by atoms with Crippen molar-refractivity contribution in [1.29, 1.82) is 0 Å². The molecule has 1 unspecified atom stereocenters. The first-order valence-electron chi connectivity index (χ1n) is 7.38. The highest BCUT2D eigenvalue weighted by atomic mass is 79.9. The second-order valence-corrected chi connectivity index (χ2v) is 7.24. The highest BCUT2D eigenvalue weighted by Crippen LogP contribution is 2.31. The number of benzene rings is 1. The fourth-order valence-corrected chi connectivity index (χ4v) is 3.90. The zero-order chi connectivity index (χ0) is 18.7. The average Bonchev–Trinajstić information content (AvgIpc) is 2.92. The predicted molar refractivity (Wildman–Crippen MR) is 98.5 cm³/mol. The van der Waals surface area contributed by atoms with Gasteiger partial charge in [0, 0.05) is 27.8 Å². The summed E-state index contributed by atoms with van der Waals surface area (Å²) in [5.74, 6) is -0.472. The molecule has 0 N–H and O–H groups in total. The van der Waals surface area contributed by atoms with E-state index in [9.17, 15) is 9.18 Å². The summed E-state index contributed by atoms with van der Waals surface area (Å²) in [5, 5.41) is 6.08. The summed E-state index contributed by atoms with van der Waals surface area (Å²) >= 11 is 15.8. The van der Waals surface area contributed by atoms with E-state index in [-0.39, 0.29) is 17.3 Å². The van der Waals surface area contributed by atoms with Gasteiger partial charge in [0.15, 0.2) is 0 Å². The van der Waals surface area contributed by atoms with Crippen molar-refractivity contribution in [2.45, 2.75) is 26.1 Å². The molecule has 0 saturated carbocycles. The van der Waals surface area contributed by atoms with Gasteiger partial charge in [0.05, 0.1) is 18.7 Å². The third-order valence-corrected chi connectivity index (χ3v) is 4.80. The van der Waals surface area contributed by atoms with Gasteiger partial charge in [0.2, 0.25) is 0 Å². The number of carbonyl (C=O) groups excluding carboxylic acids is 1. The SMILES string of the molecule is CON(C(=O)c1cn(C)nc1CF)C(C)Cc1c(Cl)cc(Br)cc1Cl. The normalized spacial score (nSPS) is 12.3. The maximum atomic E-state index is 13.1. The number of hydrogen-bond acceptors (Lipinski definition) is 3. The first kappa shape index (κ1) is 20.2. The van der Waals surface area contributed by atoms with Crippen LogP contribution < -0.4 is 0 Å². The number of hydroxylamine groups is 2. The van der Waals surface area contributed by atoms with Crippen molar-refractivity contribution in [3.63, 3.8) is 0 Å². The van der Waals surface area contributed by atoms with Crippen LogP contribution in [0.3, 0.4) is 0 Å². The van der Waals surface area contributed by atoms with Crippen molar-refractivity contribution in [3.8, 4) is 0 Å². The van der Waals surface area contributed by atoms with E-state index in [1.165, 1.54) is 23.1 Å². The Morgan fingerprint density at radius 3 is 2.56 bits per heavy atom. The first-order valence-corrected chi connectivity index (χ1v) is 8.92. The quantitative estimate of drug-likeness (QED) is 0.602. The molecular weight excluding hydrogens is 436 g/mol. The maximum absolute atomic E-state index is 13.1. The Morgan fingerprint density at radius 2 is 2.04 bits per heavy atom. The lowest BCUT2D eigenvalue weighted by molar-refractivity contribution is -0.119. The molecule has 0 aliphatic carbocycles. The summed E-state index contributed by atoms with van der Waals surface area (Å²) in [6, 6.07) is 3.08. The molecule has 0 aliphatic heterocycles. The molecule has 9 heteroatoms. The van der Waals surface area contributed by atoms with Crippen molar-refractivity contribution < 1.29 is 14.0 Å². The van der Waals surface area contributed by atoms with Crippen LogP contribution in [0.25, 0.3) is 0 Å². The molecule has 1 aromatic heterocycles. The molecule has 2 aromatic rings. The van der Waals surface area contributed by atoms with Gasteiger partial charge in [-0.2, -0.15) is 5.10 Å². The Morgan fingerprint density at radius 1 is 1.44 bits per heavy atom. The van der Waals surface area contributed by atoms with E-state index in [0.29, 0.717) is 22.0 Å². The number of alkyl halides is 1. The van der Waals surface area contributed by atoms with Gasteiger partial charge in [0.25, 0.3) is 5.91 Å². The number of halogens is 4. The molecule has 1 heterocycles. The molecule has 25 heavy (non-hydrogen) atoms. The molecule has 0 spiro atoms. The lowest BCUT2D eigenvalue weighted by atomic mass is 10.1. The van der Waals surface area contributed by atoms with Crippen molar-refractivity contribution in [3.05, 3.63) is 49.7 Å². The van der Waals surface area contributed by atoms with Gasteiger partial charge in [-0.25, -0.2) is 9.45 Å². The van der Waals surface area contributed by atoms with E-state index in [2.05, 4.69) is 21.0 Å². The van der Waals surface area contributed by atoms with Crippen LogP contribution in [0.4, 0.5) is 4.39 Å². The van der Waals surface area contributed by atoms with E-state index in [4.69, 9.17) is 28.0 Å². The lowest BCUT2D eigenvalue weighted by Crippen LogP contribution is -2.39. The van der Waals surface area contributed by atoms with Crippen LogP contribution in [0.5, 0.6) is 0 Å². The van der Waals surface area contributed by atoms with Crippen molar-refractivity contribution >= 4 is 45.0 Å². The van der Waals surface area contributed by atoms with Crippen LogP contribution >= 0.6 is 39.1 Å². The Bertz CT molecular complexity index is 762. The largest absolute Gasteiger partial charge is 0.281 e. The third kappa shape index (κ3) is 4.53. The van der Waals surface area contributed by atoms with Crippen LogP contribution in [0.2, 0.25) is 10.0 Å². The molecule has 0 aliphatic rings. The first-order chi connectivity index (χ1) is 11.8.